The van der Waals surface area contributed by atoms with Crippen LogP contribution in [-0.4, -0.2) is 4.57 Å². The first-order chi connectivity index (χ1) is 19.3. The zero-order valence-corrected chi connectivity index (χ0v) is 22.0. The molecule has 0 saturated carbocycles. The molecule has 0 bridgehead atoms. The summed E-state index contributed by atoms with van der Waals surface area (Å²) in [4.78, 5) is 2.32. The number of fused-ring (bicyclic) bond motifs is 3. The highest BCUT2D eigenvalue weighted by atomic mass is 35.5. The number of rotatable bonds is 5. The third-order valence-electron chi connectivity index (χ3n) is 7.21. The Morgan fingerprint density at radius 2 is 1.05 bits per heavy atom. The number of nitrogens with zero attached hydrogens (tertiary/aromatic N) is 2. The standard InChI is InChI=1S/C36H25ClN2/c37-28-13-9-11-26(23-28)27-12-10-18-31(24-27)38(29-14-3-1-4-15-29)32-21-22-34-33-19-7-8-20-35(33)39(36(34)25-32)30-16-5-2-6-17-30/h1-25H. The summed E-state index contributed by atoms with van der Waals surface area (Å²) in [5.41, 5.74) is 9.01. The Bertz CT molecular complexity index is 1920. The van der Waals surface area contributed by atoms with Crippen LogP contribution in [0.15, 0.2) is 152 Å². The zero-order valence-electron chi connectivity index (χ0n) is 21.2. The molecule has 0 aliphatic rings. The maximum atomic E-state index is 6.33. The molecule has 0 aliphatic heterocycles. The van der Waals surface area contributed by atoms with Gasteiger partial charge in [0.15, 0.2) is 0 Å². The van der Waals surface area contributed by atoms with Gasteiger partial charge in [-0.05, 0) is 77.9 Å². The second kappa shape index (κ2) is 9.83. The summed E-state index contributed by atoms with van der Waals surface area (Å²) < 4.78 is 2.36. The quantitative estimate of drug-likeness (QED) is 0.219. The molecule has 0 saturated heterocycles. The van der Waals surface area contributed by atoms with Crippen LogP contribution in [0, 0.1) is 0 Å². The van der Waals surface area contributed by atoms with Crippen molar-refractivity contribution in [2.45, 2.75) is 0 Å². The van der Waals surface area contributed by atoms with Gasteiger partial charge in [0.25, 0.3) is 0 Å². The van der Waals surface area contributed by atoms with Crippen molar-refractivity contribution < 1.29 is 0 Å². The molecule has 0 atom stereocenters. The molecule has 0 radical (unpaired) electrons. The van der Waals surface area contributed by atoms with E-state index in [2.05, 4.69) is 143 Å². The first kappa shape index (κ1) is 23.3. The molecule has 0 aliphatic carbocycles. The Labute approximate surface area is 233 Å². The summed E-state index contributed by atoms with van der Waals surface area (Å²) in [6.07, 6.45) is 0. The lowest BCUT2D eigenvalue weighted by Gasteiger charge is -2.26. The Balaban J connectivity index is 1.46. The predicted molar refractivity (Wildman–Crippen MR) is 166 cm³/mol. The topological polar surface area (TPSA) is 8.17 Å². The van der Waals surface area contributed by atoms with Crippen LogP contribution in [0.4, 0.5) is 17.1 Å². The average molecular weight is 521 g/mol. The molecule has 1 aromatic heterocycles. The molecule has 186 valence electrons. The SMILES string of the molecule is Clc1cccc(-c2cccc(N(c3ccccc3)c3ccc4c5ccccc5n(-c5ccccc5)c4c3)c2)c1. The van der Waals surface area contributed by atoms with Crippen molar-refractivity contribution in [3.05, 3.63) is 157 Å². The molecule has 39 heavy (non-hydrogen) atoms. The molecule has 0 unspecified atom stereocenters. The summed E-state index contributed by atoms with van der Waals surface area (Å²) in [7, 11) is 0. The second-order valence-electron chi connectivity index (χ2n) is 9.62. The largest absolute Gasteiger partial charge is 0.310 e. The fourth-order valence-electron chi connectivity index (χ4n) is 5.47. The Morgan fingerprint density at radius 3 is 1.85 bits per heavy atom. The number of anilines is 3. The number of benzene rings is 6. The van der Waals surface area contributed by atoms with E-state index in [4.69, 9.17) is 11.6 Å². The molecule has 0 N–H and O–H groups in total. The van der Waals surface area contributed by atoms with Gasteiger partial charge in [-0.25, -0.2) is 0 Å². The maximum Gasteiger partial charge on any atom is 0.0561 e. The van der Waals surface area contributed by atoms with Gasteiger partial charge in [0.1, 0.15) is 0 Å². The van der Waals surface area contributed by atoms with Crippen molar-refractivity contribution in [3.8, 4) is 16.8 Å². The fourth-order valence-corrected chi connectivity index (χ4v) is 5.66. The summed E-state index contributed by atoms with van der Waals surface area (Å²) in [5, 5.41) is 3.22. The van der Waals surface area contributed by atoms with Crippen molar-refractivity contribution in [2.75, 3.05) is 4.90 Å². The Hall–Kier alpha value is -4.79. The van der Waals surface area contributed by atoms with Gasteiger partial charge in [0, 0.05) is 38.5 Å². The monoisotopic (exact) mass is 520 g/mol. The van der Waals surface area contributed by atoms with Crippen molar-refractivity contribution >= 4 is 50.5 Å². The normalized spacial score (nSPS) is 11.2. The van der Waals surface area contributed by atoms with E-state index in [1.807, 2.05) is 18.2 Å². The second-order valence-corrected chi connectivity index (χ2v) is 10.1. The molecule has 6 aromatic carbocycles. The van der Waals surface area contributed by atoms with Gasteiger partial charge in [-0.3, -0.25) is 0 Å². The molecule has 1 heterocycles. The lowest BCUT2D eigenvalue weighted by Crippen LogP contribution is -2.10. The van der Waals surface area contributed by atoms with E-state index in [0.717, 1.165) is 38.9 Å². The highest BCUT2D eigenvalue weighted by Gasteiger charge is 2.17. The number of hydrogen-bond donors (Lipinski definition) is 0. The number of aromatic nitrogens is 1. The van der Waals surface area contributed by atoms with Gasteiger partial charge in [-0.1, -0.05) is 96.5 Å². The van der Waals surface area contributed by atoms with Crippen LogP contribution >= 0.6 is 11.6 Å². The lowest BCUT2D eigenvalue weighted by molar-refractivity contribution is 1.18. The Kier molecular flexibility index (Phi) is 5.88. The minimum absolute atomic E-state index is 0.733. The van der Waals surface area contributed by atoms with Crippen molar-refractivity contribution in [2.24, 2.45) is 0 Å². The zero-order chi connectivity index (χ0) is 26.2. The van der Waals surface area contributed by atoms with E-state index in [0.29, 0.717) is 0 Å². The van der Waals surface area contributed by atoms with E-state index in [-0.39, 0.29) is 0 Å². The molecule has 0 fully saturated rings. The van der Waals surface area contributed by atoms with Gasteiger partial charge in [0.2, 0.25) is 0 Å². The maximum absolute atomic E-state index is 6.33. The van der Waals surface area contributed by atoms with Crippen LogP contribution in [0.25, 0.3) is 38.6 Å². The number of hydrogen-bond acceptors (Lipinski definition) is 1. The average Bonchev–Trinajstić information content (AvgIpc) is 3.32. The third kappa shape index (κ3) is 4.25. The van der Waals surface area contributed by atoms with Crippen LogP contribution in [0.1, 0.15) is 0 Å². The minimum Gasteiger partial charge on any atom is -0.310 e. The summed E-state index contributed by atoms with van der Waals surface area (Å²) in [5.74, 6) is 0. The molecule has 7 aromatic rings. The fraction of sp³-hybridized carbons (Fsp3) is 0. The molecule has 2 nitrogen and oxygen atoms in total. The van der Waals surface area contributed by atoms with Crippen LogP contribution in [-0.2, 0) is 0 Å². The highest BCUT2D eigenvalue weighted by molar-refractivity contribution is 6.30. The minimum atomic E-state index is 0.733. The van der Waals surface area contributed by atoms with Crippen LogP contribution in [0.3, 0.4) is 0 Å². The smallest absolute Gasteiger partial charge is 0.0561 e. The molecular weight excluding hydrogens is 496 g/mol. The summed E-state index contributed by atoms with van der Waals surface area (Å²) in [6.45, 7) is 0. The van der Waals surface area contributed by atoms with E-state index in [1.54, 1.807) is 0 Å². The first-order valence-electron chi connectivity index (χ1n) is 13.1. The van der Waals surface area contributed by atoms with Gasteiger partial charge in [0.05, 0.1) is 11.0 Å². The first-order valence-corrected chi connectivity index (χ1v) is 13.4. The predicted octanol–water partition coefficient (Wildman–Crippen LogP) is 10.6. The van der Waals surface area contributed by atoms with Crippen LogP contribution < -0.4 is 4.90 Å². The van der Waals surface area contributed by atoms with Gasteiger partial charge in [-0.15, -0.1) is 0 Å². The van der Waals surface area contributed by atoms with Crippen LogP contribution in [0.2, 0.25) is 5.02 Å². The Morgan fingerprint density at radius 1 is 0.436 bits per heavy atom. The van der Waals surface area contributed by atoms with Gasteiger partial charge < -0.3 is 9.47 Å². The van der Waals surface area contributed by atoms with E-state index < -0.39 is 0 Å². The number of para-hydroxylation sites is 3. The van der Waals surface area contributed by atoms with E-state index in [1.165, 1.54) is 21.8 Å². The third-order valence-corrected chi connectivity index (χ3v) is 7.44. The van der Waals surface area contributed by atoms with Gasteiger partial charge >= 0.3 is 0 Å². The summed E-state index contributed by atoms with van der Waals surface area (Å²) in [6, 6.07) is 53.2. The van der Waals surface area contributed by atoms with E-state index >= 15 is 0 Å². The van der Waals surface area contributed by atoms with Crippen molar-refractivity contribution in [1.29, 1.82) is 0 Å². The van der Waals surface area contributed by atoms with E-state index in [9.17, 15) is 0 Å². The molecule has 0 spiro atoms. The summed E-state index contributed by atoms with van der Waals surface area (Å²) >= 11 is 6.33. The number of halogens is 1. The molecular formula is C36H25ClN2. The molecule has 3 heteroatoms. The lowest BCUT2D eigenvalue weighted by atomic mass is 10.0. The van der Waals surface area contributed by atoms with Crippen molar-refractivity contribution in [1.82, 2.24) is 4.57 Å². The molecule has 0 amide bonds. The van der Waals surface area contributed by atoms with Gasteiger partial charge in [-0.2, -0.15) is 0 Å². The van der Waals surface area contributed by atoms with Crippen molar-refractivity contribution in [3.63, 3.8) is 0 Å². The molecule has 7 rings (SSSR count). The van der Waals surface area contributed by atoms with Crippen LogP contribution in [0.5, 0.6) is 0 Å². The highest BCUT2D eigenvalue weighted by Crippen LogP contribution is 2.40.